The highest BCUT2D eigenvalue weighted by Crippen LogP contribution is 2.29. The predicted octanol–water partition coefficient (Wildman–Crippen LogP) is 2.34. The smallest absolute Gasteiger partial charge is 0.244 e. The molecule has 1 aromatic heterocycles. The van der Waals surface area contributed by atoms with Gasteiger partial charge in [0.25, 0.3) is 0 Å². The van der Waals surface area contributed by atoms with Crippen molar-refractivity contribution in [2.24, 2.45) is 0 Å². The molecule has 5 nitrogen and oxygen atoms in total. The van der Waals surface area contributed by atoms with Gasteiger partial charge in [0.1, 0.15) is 11.8 Å². The number of nitriles is 2. The number of nitrogens with two attached hydrogens (primary N) is 1. The Morgan fingerprint density at radius 2 is 2.00 bits per heavy atom. The van der Waals surface area contributed by atoms with E-state index in [1.54, 1.807) is 0 Å². The molecule has 0 aliphatic rings. The topological polar surface area (TPSA) is 95.7 Å². The fraction of sp³-hybridized carbons (Fsp3) is 0. The van der Waals surface area contributed by atoms with Crippen LogP contribution in [0.4, 0.5) is 10.1 Å². The first kappa shape index (κ1) is 12.3. The van der Waals surface area contributed by atoms with E-state index < -0.39 is 5.82 Å². The molecule has 2 aromatic rings. The van der Waals surface area contributed by atoms with Gasteiger partial charge in [-0.2, -0.15) is 10.5 Å². The Bertz CT molecular complexity index is 716. The Morgan fingerprint density at radius 3 is 2.63 bits per heavy atom. The van der Waals surface area contributed by atoms with Crippen molar-refractivity contribution in [1.29, 1.82) is 10.5 Å². The molecule has 0 radical (unpaired) electrons. The molecule has 0 unspecified atom stereocenters. The highest BCUT2D eigenvalue weighted by molar-refractivity contribution is 5.60. The maximum Gasteiger partial charge on any atom is 0.244 e. The molecule has 0 aliphatic carbocycles. The third-order valence-corrected chi connectivity index (χ3v) is 2.34. The highest BCUT2D eigenvalue weighted by atomic mass is 19.1. The highest BCUT2D eigenvalue weighted by Gasteiger charge is 2.11. The number of rotatable bonds is 2. The van der Waals surface area contributed by atoms with Crippen LogP contribution in [0.5, 0.6) is 11.6 Å². The molecular weight excluding hydrogens is 247 g/mol. The van der Waals surface area contributed by atoms with Crippen LogP contribution in [0.2, 0.25) is 0 Å². The Balaban J connectivity index is 2.38. The summed E-state index contributed by atoms with van der Waals surface area (Å²) in [7, 11) is 0. The second kappa shape index (κ2) is 5.03. The zero-order chi connectivity index (χ0) is 13.8. The molecular formula is C13H7FN4O. The van der Waals surface area contributed by atoms with Crippen molar-refractivity contribution < 1.29 is 9.13 Å². The third-order valence-electron chi connectivity index (χ3n) is 2.34. The van der Waals surface area contributed by atoms with Crippen LogP contribution in [0.25, 0.3) is 0 Å². The summed E-state index contributed by atoms with van der Waals surface area (Å²) in [6.07, 6.45) is 1.34. The Morgan fingerprint density at radius 1 is 1.21 bits per heavy atom. The molecule has 1 aromatic carbocycles. The van der Waals surface area contributed by atoms with Crippen LogP contribution in [-0.2, 0) is 0 Å². The number of nitrogens with zero attached hydrogens (tertiary/aromatic N) is 3. The average molecular weight is 254 g/mol. The van der Waals surface area contributed by atoms with E-state index in [2.05, 4.69) is 4.98 Å². The van der Waals surface area contributed by atoms with Crippen molar-refractivity contribution in [3.8, 4) is 23.8 Å². The largest absolute Gasteiger partial charge is 0.434 e. The number of hydrogen-bond acceptors (Lipinski definition) is 5. The summed E-state index contributed by atoms with van der Waals surface area (Å²) in [5, 5.41) is 17.4. The van der Waals surface area contributed by atoms with E-state index in [0.29, 0.717) is 0 Å². The SMILES string of the molecule is N#Cc1ccc(Oc2nccc(C#N)c2N)c(F)c1. The average Bonchev–Trinajstić information content (AvgIpc) is 2.43. The molecule has 2 rings (SSSR count). The second-order valence-corrected chi connectivity index (χ2v) is 3.55. The Kier molecular flexibility index (Phi) is 3.26. The van der Waals surface area contributed by atoms with Crippen molar-refractivity contribution in [2.45, 2.75) is 0 Å². The van der Waals surface area contributed by atoms with E-state index in [1.807, 2.05) is 12.1 Å². The molecule has 0 saturated heterocycles. The van der Waals surface area contributed by atoms with Crippen LogP contribution in [0, 0.1) is 28.5 Å². The summed E-state index contributed by atoms with van der Waals surface area (Å²) < 4.78 is 18.8. The first-order chi connectivity index (χ1) is 9.15. The number of hydrogen-bond donors (Lipinski definition) is 1. The molecule has 0 fully saturated rings. The van der Waals surface area contributed by atoms with Crippen LogP contribution < -0.4 is 10.5 Å². The zero-order valence-corrected chi connectivity index (χ0v) is 9.59. The molecule has 0 spiro atoms. The summed E-state index contributed by atoms with van der Waals surface area (Å²) in [5.74, 6) is -0.876. The number of anilines is 1. The number of pyridine rings is 1. The van der Waals surface area contributed by atoms with Crippen LogP contribution in [-0.4, -0.2) is 4.98 Å². The maximum atomic E-state index is 13.6. The summed E-state index contributed by atoms with van der Waals surface area (Å²) in [6.45, 7) is 0. The van der Waals surface area contributed by atoms with Gasteiger partial charge in [0.2, 0.25) is 5.88 Å². The van der Waals surface area contributed by atoms with Crippen LogP contribution in [0.3, 0.4) is 0 Å². The molecule has 0 bridgehead atoms. The normalized spacial score (nSPS) is 9.42. The van der Waals surface area contributed by atoms with E-state index in [9.17, 15) is 4.39 Å². The Hall–Kier alpha value is -3.12. The lowest BCUT2D eigenvalue weighted by molar-refractivity contribution is 0.429. The van der Waals surface area contributed by atoms with Gasteiger partial charge in [-0.1, -0.05) is 0 Å². The van der Waals surface area contributed by atoms with Crippen molar-refractivity contribution >= 4 is 5.69 Å². The minimum Gasteiger partial charge on any atom is -0.434 e. The molecule has 0 amide bonds. The van der Waals surface area contributed by atoms with Gasteiger partial charge in [-0.05, 0) is 24.3 Å². The lowest BCUT2D eigenvalue weighted by Gasteiger charge is -2.08. The van der Waals surface area contributed by atoms with Crippen molar-refractivity contribution in [1.82, 2.24) is 4.98 Å². The number of aromatic nitrogens is 1. The van der Waals surface area contributed by atoms with Crippen LogP contribution in [0.1, 0.15) is 11.1 Å². The molecule has 0 saturated carbocycles. The van der Waals surface area contributed by atoms with Crippen molar-refractivity contribution in [2.75, 3.05) is 5.73 Å². The number of nitrogen functional groups attached to an aromatic ring is 1. The number of benzene rings is 1. The van der Waals surface area contributed by atoms with Gasteiger partial charge in [-0.15, -0.1) is 0 Å². The molecule has 2 N–H and O–H groups in total. The fourth-order valence-electron chi connectivity index (χ4n) is 1.39. The minimum absolute atomic E-state index is 0.0359. The van der Waals surface area contributed by atoms with Gasteiger partial charge in [0.15, 0.2) is 11.6 Å². The van der Waals surface area contributed by atoms with E-state index >= 15 is 0 Å². The van der Waals surface area contributed by atoms with E-state index in [4.69, 9.17) is 21.0 Å². The first-order valence-electron chi connectivity index (χ1n) is 5.17. The van der Waals surface area contributed by atoms with E-state index in [1.165, 1.54) is 24.4 Å². The second-order valence-electron chi connectivity index (χ2n) is 3.55. The summed E-state index contributed by atoms with van der Waals surface area (Å²) in [4.78, 5) is 3.84. The fourth-order valence-corrected chi connectivity index (χ4v) is 1.39. The standard InChI is InChI=1S/C13H7FN4O/c14-10-5-8(6-15)1-2-11(10)19-13-12(17)9(7-16)3-4-18-13/h1-5H,17H2. The molecule has 6 heteroatoms. The summed E-state index contributed by atoms with van der Waals surface area (Å²) >= 11 is 0. The van der Waals surface area contributed by atoms with Crippen LogP contribution >= 0.6 is 0 Å². The number of ether oxygens (including phenoxy) is 1. The Labute approximate surface area is 108 Å². The lowest BCUT2D eigenvalue weighted by Crippen LogP contribution is -1.99. The zero-order valence-electron chi connectivity index (χ0n) is 9.59. The minimum atomic E-state index is -0.706. The van der Waals surface area contributed by atoms with E-state index in [0.717, 1.165) is 6.07 Å². The third kappa shape index (κ3) is 2.43. The molecule has 0 atom stereocenters. The summed E-state index contributed by atoms with van der Waals surface area (Å²) in [6, 6.07) is 8.86. The van der Waals surface area contributed by atoms with Gasteiger partial charge in [-0.3, -0.25) is 0 Å². The quantitative estimate of drug-likeness (QED) is 0.887. The van der Waals surface area contributed by atoms with Crippen LogP contribution in [0.15, 0.2) is 30.5 Å². The van der Waals surface area contributed by atoms with Crippen molar-refractivity contribution in [3.05, 3.63) is 47.4 Å². The molecule has 92 valence electrons. The van der Waals surface area contributed by atoms with Gasteiger partial charge >= 0.3 is 0 Å². The number of halogens is 1. The van der Waals surface area contributed by atoms with Gasteiger partial charge in [0.05, 0.1) is 17.2 Å². The van der Waals surface area contributed by atoms with Gasteiger partial charge in [-0.25, -0.2) is 9.37 Å². The van der Waals surface area contributed by atoms with E-state index in [-0.39, 0.29) is 28.4 Å². The predicted molar refractivity (Wildman–Crippen MR) is 64.6 cm³/mol. The van der Waals surface area contributed by atoms with Crippen molar-refractivity contribution in [3.63, 3.8) is 0 Å². The lowest BCUT2D eigenvalue weighted by atomic mass is 10.2. The van der Waals surface area contributed by atoms with Gasteiger partial charge in [0, 0.05) is 6.20 Å². The first-order valence-corrected chi connectivity index (χ1v) is 5.17. The maximum absolute atomic E-state index is 13.6. The molecule has 19 heavy (non-hydrogen) atoms. The summed E-state index contributed by atoms with van der Waals surface area (Å²) in [5.41, 5.74) is 6.07. The molecule has 1 heterocycles. The molecule has 0 aliphatic heterocycles. The monoisotopic (exact) mass is 254 g/mol. The van der Waals surface area contributed by atoms with Gasteiger partial charge < -0.3 is 10.5 Å².